The number of ether oxygens (including phenoxy) is 2. The van der Waals surface area contributed by atoms with Crippen molar-refractivity contribution >= 4 is 23.2 Å². The van der Waals surface area contributed by atoms with Crippen LogP contribution in [0.3, 0.4) is 0 Å². The van der Waals surface area contributed by atoms with Crippen molar-refractivity contribution < 1.29 is 19.1 Å². The first kappa shape index (κ1) is 21.8. The quantitative estimate of drug-likeness (QED) is 0.717. The summed E-state index contributed by atoms with van der Waals surface area (Å²) in [6, 6.07) is 15.4. The van der Waals surface area contributed by atoms with Crippen LogP contribution in [0.25, 0.3) is 0 Å². The lowest BCUT2D eigenvalue weighted by molar-refractivity contribution is -0.123. The summed E-state index contributed by atoms with van der Waals surface area (Å²) in [5.74, 6) is 0.671. The van der Waals surface area contributed by atoms with E-state index in [-0.39, 0.29) is 23.9 Å². The molecule has 0 radical (unpaired) electrons. The Labute approximate surface area is 194 Å². The van der Waals surface area contributed by atoms with Gasteiger partial charge in [0.1, 0.15) is 12.3 Å². The summed E-state index contributed by atoms with van der Waals surface area (Å²) in [6.07, 6.45) is 3.95. The van der Waals surface area contributed by atoms with Gasteiger partial charge in [-0.15, -0.1) is 0 Å². The van der Waals surface area contributed by atoms with Gasteiger partial charge in [-0.05, 0) is 61.4 Å². The predicted octanol–water partition coefficient (Wildman–Crippen LogP) is 3.33. The van der Waals surface area contributed by atoms with E-state index in [1.807, 2.05) is 53.4 Å². The second kappa shape index (κ2) is 9.06. The van der Waals surface area contributed by atoms with Crippen LogP contribution in [-0.2, 0) is 9.53 Å². The molecule has 5 rings (SSSR count). The van der Waals surface area contributed by atoms with Crippen molar-refractivity contribution in [2.45, 2.75) is 31.2 Å². The second-order valence-corrected chi connectivity index (χ2v) is 9.17. The third-order valence-electron chi connectivity index (χ3n) is 7.18. The van der Waals surface area contributed by atoms with E-state index in [1.54, 1.807) is 12.0 Å². The molecule has 0 bridgehead atoms. The van der Waals surface area contributed by atoms with Gasteiger partial charge < -0.3 is 24.2 Å². The highest BCUT2D eigenvalue weighted by molar-refractivity contribution is 6.03. The van der Waals surface area contributed by atoms with Gasteiger partial charge in [-0.3, -0.25) is 9.59 Å². The number of carbonyl (C=O) groups is 2. The number of carbonyl (C=O) groups excluding carboxylic acids is 2. The zero-order valence-corrected chi connectivity index (χ0v) is 19.2. The van der Waals surface area contributed by atoms with Crippen molar-refractivity contribution in [2.24, 2.45) is 0 Å². The van der Waals surface area contributed by atoms with Gasteiger partial charge in [0.05, 0.1) is 25.9 Å². The normalized spacial score (nSPS) is 20.4. The van der Waals surface area contributed by atoms with Gasteiger partial charge in [0, 0.05) is 36.6 Å². The highest BCUT2D eigenvalue weighted by Crippen LogP contribution is 2.41. The number of amides is 2. The third-order valence-corrected chi connectivity index (χ3v) is 7.18. The summed E-state index contributed by atoms with van der Waals surface area (Å²) in [6.45, 7) is 3.83. The lowest BCUT2D eigenvalue weighted by Crippen LogP contribution is -2.65. The average Bonchev–Trinajstić information content (AvgIpc) is 3.32. The first-order chi connectivity index (χ1) is 16.1. The molecule has 0 aromatic heterocycles. The highest BCUT2D eigenvalue weighted by Gasteiger charge is 2.48. The van der Waals surface area contributed by atoms with Crippen molar-refractivity contribution in [3.05, 3.63) is 54.1 Å². The molecule has 1 spiro atoms. The Kier molecular flexibility index (Phi) is 5.98. The molecule has 1 saturated carbocycles. The van der Waals surface area contributed by atoms with Crippen molar-refractivity contribution in [3.8, 4) is 5.75 Å². The minimum Gasteiger partial charge on any atom is -0.497 e. The van der Waals surface area contributed by atoms with Gasteiger partial charge in [-0.2, -0.15) is 0 Å². The van der Waals surface area contributed by atoms with E-state index in [2.05, 4.69) is 4.90 Å². The van der Waals surface area contributed by atoms with Crippen LogP contribution in [0.1, 0.15) is 36.0 Å². The number of rotatable bonds is 4. The molecular formula is C26H31N3O4. The topological polar surface area (TPSA) is 62.3 Å². The van der Waals surface area contributed by atoms with Crippen LogP contribution in [0.15, 0.2) is 48.5 Å². The van der Waals surface area contributed by atoms with Crippen LogP contribution in [0.4, 0.5) is 11.4 Å². The maximum atomic E-state index is 13.4. The molecule has 2 aromatic rings. The van der Waals surface area contributed by atoms with E-state index >= 15 is 0 Å². The minimum absolute atomic E-state index is 0.0217. The molecule has 2 amide bonds. The van der Waals surface area contributed by atoms with Crippen molar-refractivity contribution in [1.82, 2.24) is 4.90 Å². The van der Waals surface area contributed by atoms with Gasteiger partial charge in [-0.25, -0.2) is 0 Å². The van der Waals surface area contributed by atoms with Crippen molar-refractivity contribution in [2.75, 3.05) is 56.3 Å². The summed E-state index contributed by atoms with van der Waals surface area (Å²) >= 11 is 0. The minimum atomic E-state index is -0.340. The van der Waals surface area contributed by atoms with E-state index < -0.39 is 0 Å². The first-order valence-corrected chi connectivity index (χ1v) is 11.8. The number of nitrogens with zero attached hydrogens (tertiary/aromatic N) is 3. The summed E-state index contributed by atoms with van der Waals surface area (Å²) in [5, 5.41) is 0. The van der Waals surface area contributed by atoms with Gasteiger partial charge in [-0.1, -0.05) is 12.8 Å². The number of piperazine rings is 1. The maximum Gasteiger partial charge on any atom is 0.254 e. The van der Waals surface area contributed by atoms with Crippen LogP contribution in [0.5, 0.6) is 5.75 Å². The number of anilines is 2. The number of methoxy groups -OCH3 is 1. The van der Waals surface area contributed by atoms with E-state index in [9.17, 15) is 9.59 Å². The smallest absolute Gasteiger partial charge is 0.254 e. The Balaban J connectivity index is 1.36. The van der Waals surface area contributed by atoms with Gasteiger partial charge in [0.25, 0.3) is 5.91 Å². The van der Waals surface area contributed by atoms with Crippen LogP contribution in [-0.4, -0.2) is 68.8 Å². The number of hydrogen-bond acceptors (Lipinski definition) is 5. The van der Waals surface area contributed by atoms with E-state index in [0.717, 1.165) is 69.1 Å². The SMILES string of the molecule is COc1ccc(N2C(=O)CN(C(=O)c3ccc(N4CCOCC4)cc3)CC23CCCC3)cc1. The fraction of sp³-hybridized carbons (Fsp3) is 0.462. The molecule has 3 aliphatic rings. The lowest BCUT2D eigenvalue weighted by atomic mass is 9.90. The average molecular weight is 450 g/mol. The number of morpholine rings is 1. The number of hydrogen-bond donors (Lipinski definition) is 0. The van der Waals surface area contributed by atoms with Gasteiger partial charge in [0.2, 0.25) is 5.91 Å². The molecule has 2 saturated heterocycles. The highest BCUT2D eigenvalue weighted by atomic mass is 16.5. The summed E-state index contributed by atoms with van der Waals surface area (Å²) < 4.78 is 10.7. The Bertz CT molecular complexity index is 993. The Morgan fingerprint density at radius 3 is 2.21 bits per heavy atom. The molecule has 2 aromatic carbocycles. The van der Waals surface area contributed by atoms with E-state index in [4.69, 9.17) is 9.47 Å². The van der Waals surface area contributed by atoms with Gasteiger partial charge in [0.15, 0.2) is 0 Å². The molecule has 0 unspecified atom stereocenters. The zero-order valence-electron chi connectivity index (χ0n) is 19.2. The molecule has 0 atom stereocenters. The Hall–Kier alpha value is -3.06. The zero-order chi connectivity index (χ0) is 22.8. The largest absolute Gasteiger partial charge is 0.497 e. The molecular weight excluding hydrogens is 418 g/mol. The second-order valence-electron chi connectivity index (χ2n) is 9.17. The third kappa shape index (κ3) is 4.17. The number of benzene rings is 2. The lowest BCUT2D eigenvalue weighted by Gasteiger charge is -2.49. The van der Waals surface area contributed by atoms with Crippen LogP contribution < -0.4 is 14.5 Å². The fourth-order valence-electron chi connectivity index (χ4n) is 5.51. The molecule has 174 valence electrons. The molecule has 7 nitrogen and oxygen atoms in total. The summed E-state index contributed by atoms with van der Waals surface area (Å²) in [7, 11) is 1.64. The fourth-order valence-corrected chi connectivity index (χ4v) is 5.51. The Morgan fingerprint density at radius 2 is 1.58 bits per heavy atom. The standard InChI is InChI=1S/C26H31N3O4/c1-32-23-10-8-22(9-11-23)29-24(30)18-28(19-26(29)12-2-3-13-26)25(31)20-4-6-21(7-5-20)27-14-16-33-17-15-27/h4-11H,2-3,12-19H2,1H3. The van der Waals surface area contributed by atoms with E-state index in [0.29, 0.717) is 12.1 Å². The molecule has 1 aliphatic carbocycles. The maximum absolute atomic E-state index is 13.4. The molecule has 7 heteroatoms. The first-order valence-electron chi connectivity index (χ1n) is 11.8. The van der Waals surface area contributed by atoms with Crippen molar-refractivity contribution in [1.29, 1.82) is 0 Å². The van der Waals surface area contributed by atoms with Gasteiger partial charge >= 0.3 is 0 Å². The Morgan fingerprint density at radius 1 is 0.939 bits per heavy atom. The summed E-state index contributed by atoms with van der Waals surface area (Å²) in [5.41, 5.74) is 2.27. The molecule has 2 heterocycles. The van der Waals surface area contributed by atoms with Crippen LogP contribution >= 0.6 is 0 Å². The van der Waals surface area contributed by atoms with E-state index in [1.165, 1.54) is 0 Å². The molecule has 33 heavy (non-hydrogen) atoms. The summed E-state index contributed by atoms with van der Waals surface area (Å²) in [4.78, 5) is 32.8. The van der Waals surface area contributed by atoms with Crippen molar-refractivity contribution in [3.63, 3.8) is 0 Å². The monoisotopic (exact) mass is 449 g/mol. The predicted molar refractivity (Wildman–Crippen MR) is 127 cm³/mol. The molecule has 3 fully saturated rings. The van der Waals surface area contributed by atoms with Crippen LogP contribution in [0.2, 0.25) is 0 Å². The molecule has 0 N–H and O–H groups in total. The molecule has 2 aliphatic heterocycles. The van der Waals surface area contributed by atoms with Crippen LogP contribution in [0, 0.1) is 0 Å².